The average molecular weight is 450 g/mol. The van der Waals surface area contributed by atoms with E-state index in [1.165, 1.54) is 4.88 Å². The first-order valence-electron chi connectivity index (χ1n) is 10.4. The highest BCUT2D eigenvalue weighted by Gasteiger charge is 2.33. The Morgan fingerprint density at radius 1 is 1.12 bits per heavy atom. The summed E-state index contributed by atoms with van der Waals surface area (Å²) in [5, 5.41) is 2.09. The highest BCUT2D eigenvalue weighted by atomic mass is 32.1. The number of hydrogen-bond donors (Lipinski definition) is 0. The van der Waals surface area contributed by atoms with Crippen LogP contribution in [-0.2, 0) is 13.0 Å². The van der Waals surface area contributed by atoms with Gasteiger partial charge in [-0.1, -0.05) is 12.1 Å². The average Bonchev–Trinajstić information content (AvgIpc) is 3.46. The smallest absolute Gasteiger partial charge is 0.231 e. The molecular weight excluding hydrogens is 426 g/mol. The van der Waals surface area contributed by atoms with Gasteiger partial charge in [0.05, 0.1) is 25.3 Å². The molecule has 32 heavy (non-hydrogen) atoms. The van der Waals surface area contributed by atoms with Gasteiger partial charge in [0.15, 0.2) is 17.3 Å². The van der Waals surface area contributed by atoms with E-state index in [-0.39, 0.29) is 11.5 Å². The van der Waals surface area contributed by atoms with E-state index in [0.717, 1.165) is 29.8 Å². The van der Waals surface area contributed by atoms with E-state index in [9.17, 15) is 4.79 Å². The molecule has 2 aliphatic rings. The molecule has 0 saturated heterocycles. The number of thiophene rings is 1. The molecule has 1 aromatic heterocycles. The van der Waals surface area contributed by atoms with E-state index in [1.807, 2.05) is 18.2 Å². The summed E-state index contributed by atoms with van der Waals surface area (Å²) >= 11 is 1.76. The van der Waals surface area contributed by atoms with Gasteiger partial charge in [-0.15, -0.1) is 11.3 Å². The molecule has 0 bridgehead atoms. The van der Waals surface area contributed by atoms with Gasteiger partial charge >= 0.3 is 0 Å². The first-order valence-corrected chi connectivity index (χ1v) is 11.2. The number of rotatable bonds is 6. The molecule has 0 N–H and O–H groups in total. The number of nitrogens with zero attached hydrogens (tertiary/aromatic N) is 1. The summed E-state index contributed by atoms with van der Waals surface area (Å²) in [4.78, 5) is 16.6. The third kappa shape index (κ3) is 3.85. The molecule has 3 aromatic rings. The number of carbonyl (C=O) groups excluding carboxylic acids is 1. The van der Waals surface area contributed by atoms with Gasteiger partial charge in [0.1, 0.15) is 18.2 Å². The molecular formula is C25H23NO5S. The predicted octanol–water partition coefficient (Wildman–Crippen LogP) is 4.78. The lowest BCUT2D eigenvalue weighted by Gasteiger charge is -2.29. The second kappa shape index (κ2) is 8.68. The zero-order valence-corrected chi connectivity index (χ0v) is 18.7. The molecule has 6 nitrogen and oxygen atoms in total. The molecule has 0 saturated carbocycles. The predicted molar refractivity (Wildman–Crippen MR) is 123 cm³/mol. The molecule has 7 heteroatoms. The van der Waals surface area contributed by atoms with Gasteiger partial charge in [0.2, 0.25) is 5.78 Å². The Bertz CT molecular complexity index is 1190. The van der Waals surface area contributed by atoms with E-state index in [0.29, 0.717) is 36.1 Å². The molecule has 164 valence electrons. The van der Waals surface area contributed by atoms with Gasteiger partial charge in [-0.3, -0.25) is 9.69 Å². The number of benzene rings is 2. The van der Waals surface area contributed by atoms with Crippen LogP contribution in [0.15, 0.2) is 53.6 Å². The Hall–Kier alpha value is -3.29. The lowest BCUT2D eigenvalue weighted by atomic mass is 10.0. The monoisotopic (exact) mass is 449 g/mol. The van der Waals surface area contributed by atoms with Crippen molar-refractivity contribution in [3.05, 3.63) is 75.2 Å². The summed E-state index contributed by atoms with van der Waals surface area (Å²) in [6.07, 6.45) is 2.70. The molecule has 0 amide bonds. The largest absolute Gasteiger partial charge is 0.493 e. The van der Waals surface area contributed by atoms with Gasteiger partial charge in [-0.2, -0.15) is 0 Å². The Morgan fingerprint density at radius 2 is 2.00 bits per heavy atom. The quantitative estimate of drug-likeness (QED) is 0.505. The Balaban J connectivity index is 1.38. The first-order chi connectivity index (χ1) is 15.7. The summed E-state index contributed by atoms with van der Waals surface area (Å²) in [5.74, 6) is 2.75. The number of methoxy groups -OCH3 is 2. The van der Waals surface area contributed by atoms with Crippen LogP contribution in [0.1, 0.15) is 26.4 Å². The Kier molecular flexibility index (Phi) is 5.59. The van der Waals surface area contributed by atoms with Crippen LogP contribution in [0.5, 0.6) is 23.0 Å². The molecule has 3 heterocycles. The maximum atomic E-state index is 13.0. The Morgan fingerprint density at radius 3 is 2.78 bits per heavy atom. The summed E-state index contributed by atoms with van der Waals surface area (Å²) in [6.45, 7) is 2.09. The summed E-state index contributed by atoms with van der Waals surface area (Å²) in [6, 6.07) is 13.3. The van der Waals surface area contributed by atoms with Crippen molar-refractivity contribution >= 4 is 23.2 Å². The minimum absolute atomic E-state index is 0.131. The molecule has 0 spiro atoms. The molecule has 2 aliphatic heterocycles. The number of ether oxygens (including phenoxy) is 4. The number of hydrogen-bond acceptors (Lipinski definition) is 7. The van der Waals surface area contributed by atoms with Gasteiger partial charge < -0.3 is 18.9 Å². The maximum Gasteiger partial charge on any atom is 0.231 e. The highest BCUT2D eigenvalue weighted by Crippen LogP contribution is 2.42. The van der Waals surface area contributed by atoms with Crippen LogP contribution in [0.3, 0.4) is 0 Å². The van der Waals surface area contributed by atoms with Crippen LogP contribution in [0.4, 0.5) is 0 Å². The normalized spacial score (nSPS) is 16.3. The van der Waals surface area contributed by atoms with Gasteiger partial charge in [-0.25, -0.2) is 0 Å². The highest BCUT2D eigenvalue weighted by molar-refractivity contribution is 7.09. The van der Waals surface area contributed by atoms with Crippen molar-refractivity contribution in [3.8, 4) is 23.0 Å². The fraction of sp³-hybridized carbons (Fsp3) is 0.240. The first kappa shape index (κ1) is 20.6. The van der Waals surface area contributed by atoms with Crippen molar-refractivity contribution in [2.24, 2.45) is 0 Å². The zero-order chi connectivity index (χ0) is 22.1. The van der Waals surface area contributed by atoms with Crippen molar-refractivity contribution in [2.75, 3.05) is 27.5 Å². The topological polar surface area (TPSA) is 57.2 Å². The molecule has 0 radical (unpaired) electrons. The minimum Gasteiger partial charge on any atom is -0.493 e. The van der Waals surface area contributed by atoms with Crippen molar-refractivity contribution in [1.82, 2.24) is 4.90 Å². The third-order valence-corrected chi connectivity index (χ3v) is 6.58. The zero-order valence-electron chi connectivity index (χ0n) is 17.9. The number of fused-ring (bicyclic) bond motifs is 3. The summed E-state index contributed by atoms with van der Waals surface area (Å²) < 4.78 is 22.7. The van der Waals surface area contributed by atoms with Crippen LogP contribution in [0.2, 0.25) is 0 Å². The van der Waals surface area contributed by atoms with Crippen LogP contribution in [0, 0.1) is 0 Å². The summed E-state index contributed by atoms with van der Waals surface area (Å²) in [5.41, 5.74) is 2.28. The lowest BCUT2D eigenvalue weighted by molar-refractivity contribution is 0.0951. The molecule has 5 rings (SSSR count). The van der Waals surface area contributed by atoms with Crippen LogP contribution in [-0.4, -0.2) is 38.2 Å². The number of carbonyl (C=O) groups is 1. The fourth-order valence-electron chi connectivity index (χ4n) is 3.96. The van der Waals surface area contributed by atoms with E-state index >= 15 is 0 Å². The fourth-order valence-corrected chi connectivity index (χ4v) is 4.66. The number of Topliss-reactive ketones (excluding diaryl/α,β-unsaturated/α-hetero) is 1. The van der Waals surface area contributed by atoms with Crippen molar-refractivity contribution in [1.29, 1.82) is 0 Å². The second-order valence-corrected chi connectivity index (χ2v) is 8.66. The third-order valence-electron chi connectivity index (χ3n) is 5.64. The summed E-state index contributed by atoms with van der Waals surface area (Å²) in [7, 11) is 3.17. The second-order valence-electron chi connectivity index (χ2n) is 7.63. The van der Waals surface area contributed by atoms with Crippen molar-refractivity contribution < 1.29 is 23.7 Å². The number of allylic oxidation sites excluding steroid dienone is 1. The van der Waals surface area contributed by atoms with E-state index in [1.54, 1.807) is 43.8 Å². The minimum atomic E-state index is -0.131. The van der Waals surface area contributed by atoms with E-state index in [4.69, 9.17) is 18.9 Å². The van der Waals surface area contributed by atoms with Crippen molar-refractivity contribution in [3.63, 3.8) is 0 Å². The van der Waals surface area contributed by atoms with Gasteiger partial charge in [0.25, 0.3) is 0 Å². The van der Waals surface area contributed by atoms with Crippen LogP contribution >= 0.6 is 11.3 Å². The Labute approximate surface area is 190 Å². The van der Waals surface area contributed by atoms with E-state index in [2.05, 4.69) is 22.4 Å². The molecule has 0 unspecified atom stereocenters. The van der Waals surface area contributed by atoms with E-state index < -0.39 is 0 Å². The molecule has 2 aromatic carbocycles. The maximum absolute atomic E-state index is 13.0. The number of ketones is 1. The molecule has 0 atom stereocenters. The molecule has 0 aliphatic carbocycles. The van der Waals surface area contributed by atoms with Crippen molar-refractivity contribution in [2.45, 2.75) is 13.0 Å². The van der Waals surface area contributed by atoms with Gasteiger partial charge in [-0.05, 0) is 53.8 Å². The SMILES string of the molecule is COc1ccc(/C=C2\Oc3c(ccc4c3CN(CCc3cccs3)CO4)C2=O)cc1OC. The van der Waals surface area contributed by atoms with Gasteiger partial charge in [0, 0.05) is 18.0 Å². The van der Waals surface area contributed by atoms with Crippen LogP contribution < -0.4 is 18.9 Å². The molecule has 0 fully saturated rings. The lowest BCUT2D eigenvalue weighted by Crippen LogP contribution is -2.33. The standard InChI is InChI=1S/C25H23NO5S/c1-28-21-7-5-16(12-22(21)29-2)13-23-24(27)18-6-8-20-19(25(18)31-23)14-26(15-30-20)10-9-17-4-3-11-32-17/h3-8,11-13H,9-10,14-15H2,1-2H3/b23-13-. The van der Waals surface area contributed by atoms with Crippen LogP contribution in [0.25, 0.3) is 6.08 Å².